The largest absolute Gasteiger partial charge is 0.388 e. The maximum absolute atomic E-state index is 10.2. The third kappa shape index (κ3) is 3.05. The van der Waals surface area contributed by atoms with Crippen molar-refractivity contribution in [2.24, 2.45) is 0 Å². The van der Waals surface area contributed by atoms with Crippen LogP contribution in [0.3, 0.4) is 0 Å². The van der Waals surface area contributed by atoms with E-state index in [0.29, 0.717) is 11.4 Å². The van der Waals surface area contributed by atoms with Crippen LogP contribution in [0, 0.1) is 6.92 Å². The molecule has 0 aliphatic heterocycles. The minimum absolute atomic E-state index is 0.502. The lowest BCUT2D eigenvalue weighted by Crippen LogP contribution is -2.05. The number of aromatic nitrogens is 1. The van der Waals surface area contributed by atoms with Gasteiger partial charge in [-0.2, -0.15) is 0 Å². The molecule has 1 atom stereocenters. The van der Waals surface area contributed by atoms with E-state index in [0.717, 1.165) is 16.8 Å². The standard InChI is InChI=1S/C14H14ClNO/c1-10-5-6-11(15)8-13(10)14(17)9-12-4-2-3-7-16-12/h2-8,14,17H,9H2,1H3. The number of halogens is 1. The van der Waals surface area contributed by atoms with Crippen LogP contribution in [-0.4, -0.2) is 10.1 Å². The first-order valence-electron chi connectivity index (χ1n) is 5.51. The van der Waals surface area contributed by atoms with E-state index in [2.05, 4.69) is 4.98 Å². The van der Waals surface area contributed by atoms with Crippen LogP contribution in [0.15, 0.2) is 42.6 Å². The van der Waals surface area contributed by atoms with Crippen molar-refractivity contribution in [3.05, 3.63) is 64.4 Å². The quantitative estimate of drug-likeness (QED) is 0.903. The molecule has 88 valence electrons. The lowest BCUT2D eigenvalue weighted by molar-refractivity contribution is 0.176. The molecule has 0 spiro atoms. The summed E-state index contributed by atoms with van der Waals surface area (Å²) in [5.41, 5.74) is 2.78. The van der Waals surface area contributed by atoms with E-state index in [4.69, 9.17) is 11.6 Å². The van der Waals surface area contributed by atoms with Gasteiger partial charge in [0.15, 0.2) is 0 Å². The number of aliphatic hydroxyl groups excluding tert-OH is 1. The van der Waals surface area contributed by atoms with Crippen molar-refractivity contribution in [1.29, 1.82) is 0 Å². The number of aryl methyl sites for hydroxylation is 1. The lowest BCUT2D eigenvalue weighted by Gasteiger charge is -2.13. The molecule has 1 unspecified atom stereocenters. The van der Waals surface area contributed by atoms with Gasteiger partial charge < -0.3 is 5.11 Å². The van der Waals surface area contributed by atoms with Crippen molar-refractivity contribution >= 4 is 11.6 Å². The highest BCUT2D eigenvalue weighted by atomic mass is 35.5. The maximum Gasteiger partial charge on any atom is 0.0848 e. The van der Waals surface area contributed by atoms with Gasteiger partial charge in [0, 0.05) is 23.3 Å². The van der Waals surface area contributed by atoms with Crippen LogP contribution in [-0.2, 0) is 6.42 Å². The van der Waals surface area contributed by atoms with Crippen molar-refractivity contribution in [2.45, 2.75) is 19.4 Å². The van der Waals surface area contributed by atoms with E-state index in [-0.39, 0.29) is 0 Å². The van der Waals surface area contributed by atoms with Crippen molar-refractivity contribution in [1.82, 2.24) is 4.98 Å². The van der Waals surface area contributed by atoms with E-state index in [1.807, 2.05) is 43.3 Å². The predicted octanol–water partition coefficient (Wildman–Crippen LogP) is 3.32. The molecule has 0 aliphatic carbocycles. The van der Waals surface area contributed by atoms with Crippen LogP contribution < -0.4 is 0 Å². The summed E-state index contributed by atoms with van der Waals surface area (Å²) in [6.07, 6.45) is 1.66. The van der Waals surface area contributed by atoms with Crippen LogP contribution in [0.5, 0.6) is 0 Å². The summed E-state index contributed by atoms with van der Waals surface area (Å²) in [7, 11) is 0. The SMILES string of the molecule is Cc1ccc(Cl)cc1C(O)Cc1ccccn1. The first kappa shape index (κ1) is 12.1. The van der Waals surface area contributed by atoms with Gasteiger partial charge in [-0.25, -0.2) is 0 Å². The number of rotatable bonds is 3. The van der Waals surface area contributed by atoms with Crippen LogP contribution in [0.4, 0.5) is 0 Å². The molecule has 1 aromatic carbocycles. The molecule has 0 amide bonds. The Morgan fingerprint density at radius 1 is 1.29 bits per heavy atom. The molecule has 0 fully saturated rings. The summed E-state index contributed by atoms with van der Waals surface area (Å²) in [6.45, 7) is 1.97. The highest BCUT2D eigenvalue weighted by Gasteiger charge is 2.12. The second kappa shape index (κ2) is 5.30. The summed E-state index contributed by atoms with van der Waals surface area (Å²) in [6, 6.07) is 11.2. The number of hydrogen-bond donors (Lipinski definition) is 1. The molecule has 1 aromatic heterocycles. The molecule has 2 aromatic rings. The van der Waals surface area contributed by atoms with Gasteiger partial charge in [-0.15, -0.1) is 0 Å². The van der Waals surface area contributed by atoms with Crippen LogP contribution in [0.2, 0.25) is 5.02 Å². The summed E-state index contributed by atoms with van der Waals surface area (Å²) < 4.78 is 0. The molecule has 0 radical (unpaired) electrons. The second-order valence-corrected chi connectivity index (χ2v) is 4.48. The summed E-state index contributed by atoms with van der Waals surface area (Å²) in [5, 5.41) is 10.8. The first-order chi connectivity index (χ1) is 8.16. The van der Waals surface area contributed by atoms with Crippen LogP contribution >= 0.6 is 11.6 Å². The average Bonchev–Trinajstić information content (AvgIpc) is 2.33. The van der Waals surface area contributed by atoms with Gasteiger partial charge in [0.05, 0.1) is 6.10 Å². The fourth-order valence-corrected chi connectivity index (χ4v) is 1.98. The summed E-state index contributed by atoms with van der Waals surface area (Å²) in [5.74, 6) is 0. The molecule has 0 aliphatic rings. The molecular formula is C14H14ClNO. The molecule has 0 saturated carbocycles. The third-order valence-corrected chi connectivity index (χ3v) is 2.96. The number of pyridine rings is 1. The average molecular weight is 248 g/mol. The van der Waals surface area contributed by atoms with Gasteiger partial charge in [0.25, 0.3) is 0 Å². The maximum atomic E-state index is 10.2. The van der Waals surface area contributed by atoms with Gasteiger partial charge >= 0.3 is 0 Å². The Labute approximate surface area is 106 Å². The molecule has 0 bridgehead atoms. The van der Waals surface area contributed by atoms with Crippen molar-refractivity contribution < 1.29 is 5.11 Å². The molecule has 1 N–H and O–H groups in total. The highest BCUT2D eigenvalue weighted by molar-refractivity contribution is 6.30. The van der Waals surface area contributed by atoms with E-state index in [1.165, 1.54) is 0 Å². The Kier molecular flexibility index (Phi) is 3.77. The molecular weight excluding hydrogens is 234 g/mol. The topological polar surface area (TPSA) is 33.1 Å². The van der Waals surface area contributed by atoms with Gasteiger partial charge in [0.1, 0.15) is 0 Å². The third-order valence-electron chi connectivity index (χ3n) is 2.73. The van der Waals surface area contributed by atoms with E-state index in [9.17, 15) is 5.11 Å². The first-order valence-corrected chi connectivity index (χ1v) is 5.88. The van der Waals surface area contributed by atoms with E-state index >= 15 is 0 Å². The van der Waals surface area contributed by atoms with Crippen LogP contribution in [0.1, 0.15) is 22.9 Å². The fraction of sp³-hybridized carbons (Fsp3) is 0.214. The number of hydrogen-bond acceptors (Lipinski definition) is 2. The van der Waals surface area contributed by atoms with E-state index in [1.54, 1.807) is 6.20 Å². The Morgan fingerprint density at radius 3 is 2.82 bits per heavy atom. The van der Waals surface area contributed by atoms with Gasteiger partial charge in [-0.05, 0) is 42.3 Å². The smallest absolute Gasteiger partial charge is 0.0848 e. The Hall–Kier alpha value is -1.38. The van der Waals surface area contributed by atoms with Crippen molar-refractivity contribution in [3.8, 4) is 0 Å². The summed E-state index contributed by atoms with van der Waals surface area (Å²) >= 11 is 5.94. The zero-order chi connectivity index (χ0) is 12.3. The monoisotopic (exact) mass is 247 g/mol. The highest BCUT2D eigenvalue weighted by Crippen LogP contribution is 2.24. The number of aliphatic hydroxyl groups is 1. The van der Waals surface area contributed by atoms with E-state index < -0.39 is 6.10 Å². The second-order valence-electron chi connectivity index (χ2n) is 4.04. The molecule has 1 heterocycles. The number of nitrogens with zero attached hydrogens (tertiary/aromatic N) is 1. The fourth-order valence-electron chi connectivity index (χ4n) is 1.80. The Balaban J connectivity index is 2.20. The van der Waals surface area contributed by atoms with Gasteiger partial charge in [-0.1, -0.05) is 23.7 Å². The summed E-state index contributed by atoms with van der Waals surface area (Å²) in [4.78, 5) is 4.20. The molecule has 0 saturated heterocycles. The molecule has 2 nitrogen and oxygen atoms in total. The minimum atomic E-state index is -0.566. The Bertz CT molecular complexity index is 499. The normalized spacial score (nSPS) is 12.4. The lowest BCUT2D eigenvalue weighted by atomic mass is 10.00. The van der Waals surface area contributed by atoms with Crippen molar-refractivity contribution in [3.63, 3.8) is 0 Å². The van der Waals surface area contributed by atoms with Crippen LogP contribution in [0.25, 0.3) is 0 Å². The predicted molar refractivity (Wildman–Crippen MR) is 69.1 cm³/mol. The number of benzene rings is 1. The molecule has 3 heteroatoms. The Morgan fingerprint density at radius 2 is 2.12 bits per heavy atom. The zero-order valence-corrected chi connectivity index (χ0v) is 10.4. The zero-order valence-electron chi connectivity index (χ0n) is 9.60. The van der Waals surface area contributed by atoms with Crippen molar-refractivity contribution in [2.75, 3.05) is 0 Å². The minimum Gasteiger partial charge on any atom is -0.388 e. The molecule has 17 heavy (non-hydrogen) atoms. The van der Waals surface area contributed by atoms with Gasteiger partial charge in [-0.3, -0.25) is 4.98 Å². The van der Waals surface area contributed by atoms with Gasteiger partial charge in [0.2, 0.25) is 0 Å². The molecule has 2 rings (SSSR count).